The van der Waals surface area contributed by atoms with E-state index in [1.165, 1.54) is 52.4 Å². The molecule has 1 unspecified atom stereocenters. The number of rotatable bonds is 6. The van der Waals surface area contributed by atoms with Crippen molar-refractivity contribution in [3.05, 3.63) is 75.2 Å². The predicted molar refractivity (Wildman–Crippen MR) is 126 cm³/mol. The van der Waals surface area contributed by atoms with E-state index in [1.54, 1.807) is 0 Å². The first-order chi connectivity index (χ1) is 15.7. The number of nitrogens with zero attached hydrogens (tertiary/aromatic N) is 2. The van der Waals surface area contributed by atoms with Crippen molar-refractivity contribution >= 4 is 17.8 Å². The molecule has 0 amide bonds. The van der Waals surface area contributed by atoms with Gasteiger partial charge in [-0.3, -0.25) is 14.8 Å². The van der Waals surface area contributed by atoms with Gasteiger partial charge in [-0.15, -0.1) is 11.3 Å². The van der Waals surface area contributed by atoms with Gasteiger partial charge in [0.25, 0.3) is 6.47 Å². The van der Waals surface area contributed by atoms with Gasteiger partial charge in [0, 0.05) is 40.9 Å². The van der Waals surface area contributed by atoms with Crippen molar-refractivity contribution in [2.45, 2.75) is 50.7 Å². The van der Waals surface area contributed by atoms with Gasteiger partial charge in [-0.1, -0.05) is 30.3 Å². The number of carboxylic acid groups (broad SMARTS) is 1. The molecule has 2 N–H and O–H groups in total. The van der Waals surface area contributed by atoms with E-state index in [2.05, 4.69) is 63.6 Å². The summed E-state index contributed by atoms with van der Waals surface area (Å²) in [6, 6.07) is 17.5. The van der Waals surface area contributed by atoms with Crippen molar-refractivity contribution in [1.82, 2.24) is 15.1 Å². The van der Waals surface area contributed by atoms with Gasteiger partial charge < -0.3 is 9.84 Å². The minimum atomic E-state index is -0.250. The van der Waals surface area contributed by atoms with Gasteiger partial charge in [0.05, 0.1) is 11.8 Å². The molecule has 0 saturated carbocycles. The second-order valence-electron chi connectivity index (χ2n) is 8.44. The highest BCUT2D eigenvalue weighted by molar-refractivity contribution is 7.12. The zero-order valence-electron chi connectivity index (χ0n) is 18.3. The zero-order valence-corrected chi connectivity index (χ0v) is 19.1. The number of likely N-dealkylation sites (tertiary alicyclic amines) is 1. The van der Waals surface area contributed by atoms with E-state index in [1.807, 2.05) is 11.3 Å². The minimum absolute atomic E-state index is 0.250. The summed E-state index contributed by atoms with van der Waals surface area (Å²) in [6.07, 6.45) is 6.05. The molecule has 0 aliphatic carbocycles. The molecule has 0 bridgehead atoms. The Labute approximate surface area is 193 Å². The number of nitrogens with one attached hydrogen (secondary N) is 1. The lowest BCUT2D eigenvalue weighted by Crippen LogP contribution is -2.32. The average molecular weight is 454 g/mol. The van der Waals surface area contributed by atoms with Crippen molar-refractivity contribution in [2.24, 2.45) is 0 Å². The molecule has 0 spiro atoms. The van der Waals surface area contributed by atoms with Gasteiger partial charge in [0.15, 0.2) is 0 Å². The Balaban J connectivity index is 0.000000775. The molecule has 0 radical (unpaired) electrons. The molecule has 7 heteroatoms. The molecule has 6 nitrogen and oxygen atoms in total. The van der Waals surface area contributed by atoms with E-state index in [0.29, 0.717) is 12.0 Å². The maximum atomic E-state index is 8.36. The second-order valence-corrected chi connectivity index (χ2v) is 9.64. The quantitative estimate of drug-likeness (QED) is 0.514. The topological polar surface area (TPSA) is 78.4 Å². The molecular weight excluding hydrogens is 422 g/mol. The highest BCUT2D eigenvalue weighted by atomic mass is 32.1. The SMILES string of the molecule is O=CO.c1ccc(Cc2cc(C3CCN(Cc4ccc(C5CCCO5)s4)CC3)n[nH]2)cc1. The maximum absolute atomic E-state index is 8.36. The Morgan fingerprint density at radius 2 is 1.94 bits per heavy atom. The van der Waals surface area contributed by atoms with E-state index in [4.69, 9.17) is 14.6 Å². The van der Waals surface area contributed by atoms with Gasteiger partial charge >= 0.3 is 0 Å². The zero-order chi connectivity index (χ0) is 22.2. The smallest absolute Gasteiger partial charge is 0.290 e. The van der Waals surface area contributed by atoms with Gasteiger partial charge in [-0.2, -0.15) is 5.10 Å². The number of aromatic nitrogens is 2. The molecular formula is C25H31N3O3S. The molecule has 1 atom stereocenters. The van der Waals surface area contributed by atoms with Crippen LogP contribution in [0.25, 0.3) is 0 Å². The van der Waals surface area contributed by atoms with E-state index < -0.39 is 0 Å². The van der Waals surface area contributed by atoms with Crippen molar-refractivity contribution < 1.29 is 14.6 Å². The summed E-state index contributed by atoms with van der Waals surface area (Å²) in [5.41, 5.74) is 3.79. The number of thiophene rings is 1. The van der Waals surface area contributed by atoms with Crippen LogP contribution in [0.1, 0.15) is 64.4 Å². The minimum Gasteiger partial charge on any atom is -0.483 e. The molecule has 3 aromatic rings. The van der Waals surface area contributed by atoms with Crippen molar-refractivity contribution in [2.75, 3.05) is 19.7 Å². The lowest BCUT2D eigenvalue weighted by molar-refractivity contribution is -0.122. The van der Waals surface area contributed by atoms with E-state index in [0.717, 1.165) is 32.7 Å². The number of aromatic amines is 1. The highest BCUT2D eigenvalue weighted by Gasteiger charge is 2.24. The molecule has 4 heterocycles. The van der Waals surface area contributed by atoms with Gasteiger partial charge in [0.1, 0.15) is 0 Å². The number of H-pyrrole nitrogens is 1. The van der Waals surface area contributed by atoms with E-state index in [9.17, 15) is 0 Å². The summed E-state index contributed by atoms with van der Waals surface area (Å²) in [6.45, 7) is 4.05. The van der Waals surface area contributed by atoms with Gasteiger partial charge in [-0.05, 0) is 62.5 Å². The molecule has 2 aliphatic heterocycles. The third-order valence-corrected chi connectivity index (χ3v) is 7.36. The fraction of sp³-hybridized carbons (Fsp3) is 0.440. The van der Waals surface area contributed by atoms with E-state index in [-0.39, 0.29) is 6.47 Å². The summed E-state index contributed by atoms with van der Waals surface area (Å²) >= 11 is 1.94. The third kappa shape index (κ3) is 6.06. The normalized spacial score (nSPS) is 19.4. The lowest BCUT2D eigenvalue weighted by atomic mass is 9.93. The summed E-state index contributed by atoms with van der Waals surface area (Å²) < 4.78 is 5.83. The number of benzene rings is 1. The van der Waals surface area contributed by atoms with Crippen LogP contribution >= 0.6 is 11.3 Å². The van der Waals surface area contributed by atoms with Crippen molar-refractivity contribution in [1.29, 1.82) is 0 Å². The van der Waals surface area contributed by atoms with Crippen LogP contribution < -0.4 is 0 Å². The van der Waals surface area contributed by atoms with Crippen LogP contribution in [0.5, 0.6) is 0 Å². The molecule has 2 aliphatic rings. The first-order valence-corrected chi connectivity index (χ1v) is 12.2. The molecule has 170 valence electrons. The van der Waals surface area contributed by atoms with Crippen LogP contribution in [0.15, 0.2) is 48.5 Å². The predicted octanol–water partition coefficient (Wildman–Crippen LogP) is 4.99. The Kier molecular flexibility index (Phi) is 8.09. The van der Waals surface area contributed by atoms with Crippen LogP contribution in [0.2, 0.25) is 0 Å². The number of hydrogen-bond donors (Lipinski definition) is 2. The van der Waals surface area contributed by atoms with Gasteiger partial charge in [0.2, 0.25) is 0 Å². The molecule has 32 heavy (non-hydrogen) atoms. The summed E-state index contributed by atoms with van der Waals surface area (Å²) in [5, 5.41) is 14.8. The summed E-state index contributed by atoms with van der Waals surface area (Å²) in [4.78, 5) is 13.8. The lowest BCUT2D eigenvalue weighted by Gasteiger charge is -2.30. The van der Waals surface area contributed by atoms with E-state index >= 15 is 0 Å². The van der Waals surface area contributed by atoms with Crippen molar-refractivity contribution in [3.8, 4) is 0 Å². The molecule has 2 aromatic heterocycles. The first-order valence-electron chi connectivity index (χ1n) is 11.3. The monoisotopic (exact) mass is 453 g/mol. The Bertz CT molecular complexity index is 958. The number of carbonyl (C=O) groups is 1. The number of hydrogen-bond acceptors (Lipinski definition) is 5. The standard InChI is InChI=1S/C24H29N3OS.CH2O2/c1-2-5-18(6-3-1)15-20-16-22(26-25-20)19-10-12-27(13-11-19)17-21-8-9-24(29-21)23-7-4-14-28-23;2-1-3/h1-3,5-6,8-9,16,19,23H,4,7,10-15,17H2,(H,25,26);1H,(H,2,3). The Morgan fingerprint density at radius 1 is 1.16 bits per heavy atom. The first kappa shape index (κ1) is 22.7. The fourth-order valence-electron chi connectivity index (χ4n) is 4.56. The highest BCUT2D eigenvalue weighted by Crippen LogP contribution is 2.34. The van der Waals surface area contributed by atoms with Crippen LogP contribution in [-0.4, -0.2) is 46.4 Å². The molecule has 5 rings (SSSR count). The van der Waals surface area contributed by atoms with Crippen LogP contribution in [0.4, 0.5) is 0 Å². The third-order valence-electron chi connectivity index (χ3n) is 6.20. The summed E-state index contributed by atoms with van der Waals surface area (Å²) in [5.74, 6) is 0.581. The van der Waals surface area contributed by atoms with Crippen molar-refractivity contribution in [3.63, 3.8) is 0 Å². The fourth-order valence-corrected chi connectivity index (χ4v) is 5.70. The molecule has 2 saturated heterocycles. The maximum Gasteiger partial charge on any atom is 0.290 e. The second kappa shape index (κ2) is 11.4. The number of piperidine rings is 1. The number of ether oxygens (including phenoxy) is 1. The largest absolute Gasteiger partial charge is 0.483 e. The average Bonchev–Trinajstić information content (AvgIpc) is 3.58. The Hall–Kier alpha value is -2.48. The Morgan fingerprint density at radius 3 is 2.66 bits per heavy atom. The van der Waals surface area contributed by atoms with Crippen LogP contribution in [-0.2, 0) is 22.5 Å². The molecule has 1 aromatic carbocycles. The van der Waals surface area contributed by atoms with Crippen LogP contribution in [0.3, 0.4) is 0 Å². The molecule has 2 fully saturated rings. The summed E-state index contributed by atoms with van der Waals surface area (Å²) in [7, 11) is 0. The van der Waals surface area contributed by atoms with Crippen LogP contribution in [0, 0.1) is 0 Å². The van der Waals surface area contributed by atoms with Gasteiger partial charge in [-0.25, -0.2) is 0 Å².